The molecular weight excluding hydrogens is 646 g/mol. The third-order valence-electron chi connectivity index (χ3n) is 8.84. The number of nitrogens with zero attached hydrogens (tertiary/aromatic N) is 4. The molecule has 4 aromatic rings. The SMILES string of the molecule is COc1cc(NC(C(=O)N2CCc3ccc(C(F)(F)F)cc32)c2ccc(F)cc2OCCO[Si](C)(C)C(C)(C)C)cc(-n2cncn2)c1. The Bertz CT molecular complexity index is 1760. The Balaban J connectivity index is 1.53. The second-order valence-electron chi connectivity index (χ2n) is 13.1. The van der Waals surface area contributed by atoms with Crippen molar-refractivity contribution in [3.05, 3.63) is 89.8 Å². The molecule has 0 spiro atoms. The van der Waals surface area contributed by atoms with Crippen LogP contribution in [0.2, 0.25) is 18.1 Å². The van der Waals surface area contributed by atoms with Crippen LogP contribution in [0.3, 0.4) is 0 Å². The van der Waals surface area contributed by atoms with Gasteiger partial charge in [-0.1, -0.05) is 26.8 Å². The molecule has 0 fully saturated rings. The highest BCUT2D eigenvalue weighted by molar-refractivity contribution is 6.74. The van der Waals surface area contributed by atoms with Gasteiger partial charge in [0.1, 0.15) is 42.6 Å². The average Bonchev–Trinajstić information content (AvgIpc) is 3.71. The van der Waals surface area contributed by atoms with Gasteiger partial charge in [0.2, 0.25) is 0 Å². The normalized spacial score (nSPS) is 14.1. The van der Waals surface area contributed by atoms with Gasteiger partial charge >= 0.3 is 6.18 Å². The number of benzene rings is 3. The summed E-state index contributed by atoms with van der Waals surface area (Å²) >= 11 is 0. The zero-order valence-corrected chi connectivity index (χ0v) is 28.7. The smallest absolute Gasteiger partial charge is 0.416 e. The summed E-state index contributed by atoms with van der Waals surface area (Å²) < 4.78 is 75.1. The first kappa shape index (κ1) is 34.9. The molecule has 1 atom stereocenters. The van der Waals surface area contributed by atoms with Crippen LogP contribution >= 0.6 is 0 Å². The van der Waals surface area contributed by atoms with Crippen molar-refractivity contribution in [1.29, 1.82) is 0 Å². The number of alkyl halides is 3. The van der Waals surface area contributed by atoms with Crippen LogP contribution in [-0.2, 0) is 21.8 Å². The second kappa shape index (κ2) is 13.6. The van der Waals surface area contributed by atoms with E-state index in [2.05, 4.69) is 49.3 Å². The molecule has 0 aliphatic carbocycles. The molecule has 3 aromatic carbocycles. The van der Waals surface area contributed by atoms with Crippen molar-refractivity contribution in [2.24, 2.45) is 0 Å². The third kappa shape index (κ3) is 7.65. The number of hydrogen-bond donors (Lipinski definition) is 1. The summed E-state index contributed by atoms with van der Waals surface area (Å²) in [4.78, 5) is 19.8. The van der Waals surface area contributed by atoms with Gasteiger partial charge in [0.25, 0.3) is 5.91 Å². The standard InChI is InChI=1S/C34H39F4N5O4Si/c1-33(2,3)48(5,6)47-14-13-46-30-16-24(35)9-10-28(30)31(41-25-17-26(19-27(18-25)45-4)43-21-39-20-40-43)32(44)42-12-11-22-7-8-23(15-29(22)42)34(36,37)38/h7-10,15-21,31,41H,11-14H2,1-6H3. The molecule has 9 nitrogen and oxygen atoms in total. The molecule has 48 heavy (non-hydrogen) atoms. The van der Waals surface area contributed by atoms with Gasteiger partial charge < -0.3 is 24.1 Å². The summed E-state index contributed by atoms with van der Waals surface area (Å²) in [5, 5.41) is 7.38. The number of hydrogen-bond acceptors (Lipinski definition) is 7. The van der Waals surface area contributed by atoms with E-state index in [1.54, 1.807) is 18.2 Å². The van der Waals surface area contributed by atoms with E-state index in [9.17, 15) is 22.4 Å². The summed E-state index contributed by atoms with van der Waals surface area (Å²) in [5.41, 5.74) is 1.22. The van der Waals surface area contributed by atoms with Crippen LogP contribution in [0.15, 0.2) is 67.3 Å². The third-order valence-corrected chi connectivity index (χ3v) is 13.4. The summed E-state index contributed by atoms with van der Waals surface area (Å²) in [7, 11) is -0.606. The predicted molar refractivity (Wildman–Crippen MR) is 177 cm³/mol. The molecule has 0 radical (unpaired) electrons. The van der Waals surface area contributed by atoms with Gasteiger partial charge in [-0.05, 0) is 60.4 Å². The second-order valence-corrected chi connectivity index (χ2v) is 17.9. The fourth-order valence-corrected chi connectivity index (χ4v) is 6.20. The van der Waals surface area contributed by atoms with Crippen LogP contribution in [0.4, 0.5) is 28.9 Å². The fraction of sp³-hybridized carbons (Fsp3) is 0.382. The van der Waals surface area contributed by atoms with E-state index < -0.39 is 37.8 Å². The van der Waals surface area contributed by atoms with E-state index in [1.807, 2.05) is 0 Å². The highest BCUT2D eigenvalue weighted by atomic mass is 28.4. The fourth-order valence-electron chi connectivity index (χ4n) is 5.17. The van der Waals surface area contributed by atoms with Gasteiger partial charge in [0.15, 0.2) is 8.32 Å². The summed E-state index contributed by atoms with van der Waals surface area (Å²) in [5.74, 6) is -0.590. The zero-order valence-electron chi connectivity index (χ0n) is 27.7. The molecule has 0 bridgehead atoms. The highest BCUT2D eigenvalue weighted by Crippen LogP contribution is 2.40. The van der Waals surface area contributed by atoms with Crippen LogP contribution in [0.25, 0.3) is 5.69 Å². The lowest BCUT2D eigenvalue weighted by Gasteiger charge is -2.36. The maximum absolute atomic E-state index is 14.7. The molecule has 2 heterocycles. The largest absolute Gasteiger partial charge is 0.497 e. The maximum atomic E-state index is 14.7. The number of rotatable bonds is 11. The number of aromatic nitrogens is 3. The molecule has 1 N–H and O–H groups in total. The molecule has 0 saturated carbocycles. The van der Waals surface area contributed by atoms with E-state index in [-0.39, 0.29) is 36.2 Å². The average molecular weight is 686 g/mol. The zero-order chi connectivity index (χ0) is 34.9. The van der Waals surface area contributed by atoms with Gasteiger partial charge in [-0.25, -0.2) is 14.1 Å². The molecule has 1 unspecified atom stereocenters. The minimum Gasteiger partial charge on any atom is -0.497 e. The first-order valence-electron chi connectivity index (χ1n) is 15.5. The lowest BCUT2D eigenvalue weighted by molar-refractivity contribution is -0.137. The number of methoxy groups -OCH3 is 1. The van der Waals surface area contributed by atoms with E-state index in [0.29, 0.717) is 34.7 Å². The van der Waals surface area contributed by atoms with Crippen molar-refractivity contribution in [3.8, 4) is 17.2 Å². The van der Waals surface area contributed by atoms with Crippen molar-refractivity contribution in [1.82, 2.24) is 14.8 Å². The van der Waals surface area contributed by atoms with Gasteiger partial charge in [-0.2, -0.15) is 18.3 Å². The number of amides is 1. The number of fused-ring (bicyclic) bond motifs is 1. The quantitative estimate of drug-likeness (QED) is 0.0990. The van der Waals surface area contributed by atoms with Crippen molar-refractivity contribution in [3.63, 3.8) is 0 Å². The number of carbonyl (C=O) groups excluding carboxylic acids is 1. The van der Waals surface area contributed by atoms with Gasteiger partial charge in [0, 0.05) is 41.7 Å². The van der Waals surface area contributed by atoms with E-state index in [4.69, 9.17) is 13.9 Å². The first-order chi connectivity index (χ1) is 22.6. The Morgan fingerprint density at radius 2 is 1.81 bits per heavy atom. The molecule has 1 amide bonds. The Morgan fingerprint density at radius 1 is 1.04 bits per heavy atom. The molecule has 1 aliphatic heterocycles. The molecule has 5 rings (SSSR count). The van der Waals surface area contributed by atoms with E-state index >= 15 is 0 Å². The predicted octanol–water partition coefficient (Wildman–Crippen LogP) is 7.58. The number of carbonyl (C=O) groups is 1. The maximum Gasteiger partial charge on any atom is 0.416 e. The number of anilines is 2. The van der Waals surface area contributed by atoms with Gasteiger partial charge in [-0.3, -0.25) is 4.79 Å². The van der Waals surface area contributed by atoms with Crippen LogP contribution < -0.4 is 19.7 Å². The minimum absolute atomic E-state index is 0.0295. The molecular formula is C34H39F4N5O4Si. The number of halogens is 4. The first-order valence-corrected chi connectivity index (χ1v) is 18.4. The Labute approximate surface area is 278 Å². The van der Waals surface area contributed by atoms with Crippen molar-refractivity contribution in [2.75, 3.05) is 37.1 Å². The van der Waals surface area contributed by atoms with Crippen molar-refractivity contribution < 1.29 is 36.3 Å². The molecule has 14 heteroatoms. The Morgan fingerprint density at radius 3 is 2.48 bits per heavy atom. The van der Waals surface area contributed by atoms with Crippen molar-refractivity contribution >= 4 is 25.6 Å². The molecule has 1 aromatic heterocycles. The molecule has 1 aliphatic rings. The Kier molecular flexibility index (Phi) is 9.88. The summed E-state index contributed by atoms with van der Waals surface area (Å²) in [6, 6.07) is 11.1. The molecule has 0 saturated heterocycles. The van der Waals surface area contributed by atoms with Crippen LogP contribution in [-0.4, -0.2) is 55.9 Å². The lowest BCUT2D eigenvalue weighted by atomic mass is 10.0. The van der Waals surface area contributed by atoms with Crippen LogP contribution in [0.1, 0.15) is 43.5 Å². The summed E-state index contributed by atoms with van der Waals surface area (Å²) in [6.45, 7) is 11.1. The number of nitrogens with one attached hydrogen (secondary N) is 1. The van der Waals surface area contributed by atoms with Gasteiger partial charge in [-0.15, -0.1) is 0 Å². The van der Waals surface area contributed by atoms with Crippen LogP contribution in [0.5, 0.6) is 11.5 Å². The lowest BCUT2D eigenvalue weighted by Crippen LogP contribution is -2.41. The van der Waals surface area contributed by atoms with E-state index in [1.165, 1.54) is 53.6 Å². The Hall–Kier alpha value is -4.43. The topological polar surface area (TPSA) is 90.7 Å². The van der Waals surface area contributed by atoms with Crippen molar-refractivity contribution in [2.45, 2.75) is 57.5 Å². The van der Waals surface area contributed by atoms with Crippen LogP contribution in [0, 0.1) is 5.82 Å². The number of ether oxygens (including phenoxy) is 2. The monoisotopic (exact) mass is 685 g/mol. The van der Waals surface area contributed by atoms with Gasteiger partial charge in [0.05, 0.1) is 25.0 Å². The highest BCUT2D eigenvalue weighted by Gasteiger charge is 2.38. The van der Waals surface area contributed by atoms with E-state index in [0.717, 1.165) is 12.1 Å². The summed E-state index contributed by atoms with van der Waals surface area (Å²) in [6.07, 6.45) is -1.35. The molecule has 256 valence electrons. The minimum atomic E-state index is -4.59.